The van der Waals surface area contributed by atoms with Crippen molar-refractivity contribution in [3.8, 4) is 0 Å². The third-order valence-corrected chi connectivity index (χ3v) is 4.73. The van der Waals surface area contributed by atoms with Gasteiger partial charge < -0.3 is 10.2 Å². The first-order valence-corrected chi connectivity index (χ1v) is 8.44. The number of halogens is 1. The molecule has 2 aromatic rings. The molecule has 0 fully saturated rings. The van der Waals surface area contributed by atoms with Gasteiger partial charge in [0, 0.05) is 22.8 Å². The highest BCUT2D eigenvalue weighted by molar-refractivity contribution is 6.30. The molecule has 1 aliphatic heterocycles. The Labute approximate surface area is 142 Å². The molecule has 1 amide bonds. The van der Waals surface area contributed by atoms with Gasteiger partial charge in [-0.15, -0.1) is 0 Å². The maximum atomic E-state index is 12.8. The van der Waals surface area contributed by atoms with Crippen LogP contribution in [0.4, 0.5) is 5.69 Å². The summed E-state index contributed by atoms with van der Waals surface area (Å²) in [5.74, 6) is 0.170. The van der Waals surface area contributed by atoms with E-state index in [9.17, 15) is 4.79 Å². The van der Waals surface area contributed by atoms with Crippen molar-refractivity contribution in [1.82, 2.24) is 0 Å². The van der Waals surface area contributed by atoms with Crippen LogP contribution in [-0.2, 0) is 11.2 Å². The standard InChI is InChI=1S/C19H21ClN2O/c1-13(16-7-5-8-17(20)12-16)21-14(2)19(23)22-11-10-15-6-3-4-9-18(15)22/h3-9,12-14,21H,10-11H2,1-2H3/p+1/t13-,14-/m1/s1. The monoisotopic (exact) mass is 329 g/mol. The van der Waals surface area contributed by atoms with Crippen molar-refractivity contribution in [2.45, 2.75) is 32.4 Å². The highest BCUT2D eigenvalue weighted by atomic mass is 35.5. The van der Waals surface area contributed by atoms with Crippen molar-refractivity contribution in [2.75, 3.05) is 11.4 Å². The Kier molecular flexibility index (Phi) is 4.69. The van der Waals surface area contributed by atoms with Gasteiger partial charge >= 0.3 is 0 Å². The van der Waals surface area contributed by atoms with Crippen molar-refractivity contribution in [2.24, 2.45) is 0 Å². The number of quaternary nitrogens is 1. The van der Waals surface area contributed by atoms with E-state index in [1.54, 1.807) is 0 Å². The zero-order valence-corrected chi connectivity index (χ0v) is 14.3. The lowest BCUT2D eigenvalue weighted by atomic mass is 10.1. The Hall–Kier alpha value is -1.84. The Bertz CT molecular complexity index is 716. The van der Waals surface area contributed by atoms with Crippen LogP contribution in [0.25, 0.3) is 0 Å². The first kappa shape index (κ1) is 16.0. The number of fused-ring (bicyclic) bond motifs is 1. The van der Waals surface area contributed by atoms with E-state index >= 15 is 0 Å². The van der Waals surface area contributed by atoms with E-state index in [0.29, 0.717) is 0 Å². The normalized spacial score (nSPS) is 16.0. The molecule has 1 heterocycles. The zero-order valence-electron chi connectivity index (χ0n) is 13.5. The molecule has 2 aromatic carbocycles. The molecule has 0 radical (unpaired) electrons. The topological polar surface area (TPSA) is 36.9 Å². The molecular formula is C19H22ClN2O+. The lowest BCUT2D eigenvalue weighted by Crippen LogP contribution is -2.92. The summed E-state index contributed by atoms with van der Waals surface area (Å²) in [5, 5.41) is 2.84. The summed E-state index contributed by atoms with van der Waals surface area (Å²) in [6, 6.07) is 16.1. The van der Waals surface area contributed by atoms with E-state index < -0.39 is 0 Å². The van der Waals surface area contributed by atoms with E-state index in [0.717, 1.165) is 29.2 Å². The van der Waals surface area contributed by atoms with Crippen LogP contribution in [0.1, 0.15) is 31.0 Å². The third kappa shape index (κ3) is 3.41. The number of para-hydroxylation sites is 1. The number of carbonyl (C=O) groups is 1. The SMILES string of the molecule is C[C@@H]([NH2+][C@H](C)c1cccc(Cl)c1)C(=O)N1CCc2ccccc21. The van der Waals surface area contributed by atoms with Gasteiger partial charge in [-0.25, -0.2) is 0 Å². The molecule has 120 valence electrons. The molecule has 2 N–H and O–H groups in total. The average Bonchev–Trinajstić information content (AvgIpc) is 2.98. The van der Waals surface area contributed by atoms with Crippen LogP contribution in [0, 0.1) is 0 Å². The molecule has 0 bridgehead atoms. The maximum Gasteiger partial charge on any atom is 0.284 e. The molecule has 0 aliphatic carbocycles. The second-order valence-corrected chi connectivity index (χ2v) is 6.63. The Morgan fingerprint density at radius 3 is 2.74 bits per heavy atom. The number of amides is 1. The summed E-state index contributed by atoms with van der Waals surface area (Å²) in [4.78, 5) is 14.7. The van der Waals surface area contributed by atoms with Crippen molar-refractivity contribution < 1.29 is 10.1 Å². The average molecular weight is 330 g/mol. The van der Waals surface area contributed by atoms with Gasteiger partial charge in [-0.1, -0.05) is 41.9 Å². The number of anilines is 1. The lowest BCUT2D eigenvalue weighted by molar-refractivity contribution is -0.710. The number of benzene rings is 2. The van der Waals surface area contributed by atoms with Crippen LogP contribution in [0.5, 0.6) is 0 Å². The van der Waals surface area contributed by atoms with Crippen molar-refractivity contribution in [3.63, 3.8) is 0 Å². The predicted molar refractivity (Wildman–Crippen MR) is 93.8 cm³/mol. The van der Waals surface area contributed by atoms with Gasteiger partial charge in [0.2, 0.25) is 0 Å². The summed E-state index contributed by atoms with van der Waals surface area (Å²) in [6.45, 7) is 4.86. The van der Waals surface area contributed by atoms with Crippen molar-refractivity contribution in [1.29, 1.82) is 0 Å². The van der Waals surface area contributed by atoms with E-state index in [1.807, 2.05) is 48.2 Å². The van der Waals surface area contributed by atoms with E-state index in [4.69, 9.17) is 11.6 Å². The fourth-order valence-electron chi connectivity index (χ4n) is 3.23. The Morgan fingerprint density at radius 1 is 1.17 bits per heavy atom. The lowest BCUT2D eigenvalue weighted by Gasteiger charge is -2.22. The zero-order chi connectivity index (χ0) is 16.4. The first-order valence-electron chi connectivity index (χ1n) is 8.06. The summed E-state index contributed by atoms with van der Waals surface area (Å²) in [7, 11) is 0. The van der Waals surface area contributed by atoms with Gasteiger partial charge in [0.25, 0.3) is 5.91 Å². The molecule has 0 aromatic heterocycles. The first-order chi connectivity index (χ1) is 11.1. The fraction of sp³-hybridized carbons (Fsp3) is 0.316. The van der Waals surface area contributed by atoms with Crippen molar-refractivity contribution in [3.05, 3.63) is 64.7 Å². The number of hydrogen-bond acceptors (Lipinski definition) is 1. The molecule has 0 unspecified atom stereocenters. The second kappa shape index (κ2) is 6.73. The van der Waals surface area contributed by atoms with Crippen LogP contribution in [0.3, 0.4) is 0 Å². The smallest absolute Gasteiger partial charge is 0.284 e. The van der Waals surface area contributed by atoms with Gasteiger partial charge in [-0.2, -0.15) is 0 Å². The van der Waals surface area contributed by atoms with Crippen LogP contribution in [0.2, 0.25) is 5.02 Å². The molecule has 4 heteroatoms. The summed E-state index contributed by atoms with van der Waals surface area (Å²) in [5.41, 5.74) is 3.46. The number of nitrogens with zero attached hydrogens (tertiary/aromatic N) is 1. The summed E-state index contributed by atoms with van der Waals surface area (Å²) < 4.78 is 0. The predicted octanol–water partition coefficient (Wildman–Crippen LogP) is 2.94. The van der Waals surface area contributed by atoms with Crippen molar-refractivity contribution >= 4 is 23.2 Å². The molecule has 0 saturated carbocycles. The number of rotatable bonds is 4. The molecule has 0 spiro atoms. The van der Waals surface area contributed by atoms with Crippen LogP contribution in [0.15, 0.2) is 48.5 Å². The minimum Gasteiger partial charge on any atom is -0.330 e. The summed E-state index contributed by atoms with van der Waals surface area (Å²) in [6.07, 6.45) is 0.943. The molecular weight excluding hydrogens is 308 g/mol. The highest BCUT2D eigenvalue weighted by Crippen LogP contribution is 2.27. The van der Waals surface area contributed by atoms with Crippen LogP contribution in [-0.4, -0.2) is 18.5 Å². The van der Waals surface area contributed by atoms with Gasteiger partial charge in [0.15, 0.2) is 6.04 Å². The van der Waals surface area contributed by atoms with Gasteiger partial charge in [-0.05, 0) is 44.0 Å². The summed E-state index contributed by atoms with van der Waals surface area (Å²) >= 11 is 6.06. The van der Waals surface area contributed by atoms with E-state index in [2.05, 4.69) is 24.4 Å². The minimum atomic E-state index is -0.130. The molecule has 3 nitrogen and oxygen atoms in total. The molecule has 0 saturated heterocycles. The van der Waals surface area contributed by atoms with Gasteiger partial charge in [0.1, 0.15) is 6.04 Å². The number of hydrogen-bond donors (Lipinski definition) is 1. The second-order valence-electron chi connectivity index (χ2n) is 6.19. The van der Waals surface area contributed by atoms with Gasteiger partial charge in [-0.3, -0.25) is 4.79 Å². The Balaban J connectivity index is 1.69. The van der Waals surface area contributed by atoms with E-state index in [-0.39, 0.29) is 18.0 Å². The van der Waals surface area contributed by atoms with Crippen LogP contribution < -0.4 is 10.2 Å². The number of carbonyl (C=O) groups excluding carboxylic acids is 1. The Morgan fingerprint density at radius 2 is 1.96 bits per heavy atom. The molecule has 3 rings (SSSR count). The highest BCUT2D eigenvalue weighted by Gasteiger charge is 2.30. The van der Waals surface area contributed by atoms with Crippen LogP contribution >= 0.6 is 11.6 Å². The number of nitrogens with two attached hydrogens (primary N) is 1. The minimum absolute atomic E-state index is 0.130. The van der Waals surface area contributed by atoms with Gasteiger partial charge in [0.05, 0.1) is 0 Å². The maximum absolute atomic E-state index is 12.8. The molecule has 23 heavy (non-hydrogen) atoms. The molecule has 2 atom stereocenters. The molecule has 1 aliphatic rings. The van der Waals surface area contributed by atoms with E-state index in [1.165, 1.54) is 5.56 Å². The third-order valence-electron chi connectivity index (χ3n) is 4.49. The largest absolute Gasteiger partial charge is 0.330 e. The quantitative estimate of drug-likeness (QED) is 0.920. The fourth-order valence-corrected chi connectivity index (χ4v) is 3.43.